The number of benzene rings is 1. The van der Waals surface area contributed by atoms with Gasteiger partial charge in [0.05, 0.1) is 24.3 Å². The van der Waals surface area contributed by atoms with Crippen molar-refractivity contribution >= 4 is 22.2 Å². The fourth-order valence-electron chi connectivity index (χ4n) is 3.03. The Morgan fingerprint density at radius 1 is 1.21 bits per heavy atom. The van der Waals surface area contributed by atoms with E-state index in [1.165, 1.54) is 16.0 Å². The van der Waals surface area contributed by atoms with Crippen molar-refractivity contribution in [3.63, 3.8) is 0 Å². The molecule has 1 saturated heterocycles. The fourth-order valence-corrected chi connectivity index (χ4v) is 3.97. The number of aromatic nitrogens is 1. The van der Waals surface area contributed by atoms with Crippen molar-refractivity contribution in [1.82, 2.24) is 9.88 Å². The van der Waals surface area contributed by atoms with Gasteiger partial charge in [-0.1, -0.05) is 12.1 Å². The first-order valence-corrected chi connectivity index (χ1v) is 8.88. The fraction of sp³-hybridized carbons (Fsp3) is 0.263. The molecule has 1 aliphatic rings. The number of pyridine rings is 1. The van der Waals surface area contributed by atoms with Crippen molar-refractivity contribution in [3.05, 3.63) is 52.3 Å². The van der Waals surface area contributed by atoms with Gasteiger partial charge < -0.3 is 4.74 Å². The number of rotatable bonds is 3. The van der Waals surface area contributed by atoms with Gasteiger partial charge in [0.25, 0.3) is 0 Å². The van der Waals surface area contributed by atoms with Crippen LogP contribution < -0.4 is 0 Å². The zero-order chi connectivity index (χ0) is 16.4. The van der Waals surface area contributed by atoms with Gasteiger partial charge in [-0.15, -0.1) is 11.3 Å². The topological polar surface area (TPSA) is 49.2 Å². The monoisotopic (exact) mass is 335 g/mol. The molecule has 2 aromatic heterocycles. The smallest absolute Gasteiger partial charge is 0.101 e. The molecule has 0 atom stereocenters. The Hall–Kier alpha value is -2.26. The third-order valence-electron chi connectivity index (χ3n) is 4.34. The third kappa shape index (κ3) is 3.04. The Morgan fingerprint density at radius 2 is 2.08 bits per heavy atom. The van der Waals surface area contributed by atoms with Crippen LogP contribution in [0.5, 0.6) is 0 Å². The van der Waals surface area contributed by atoms with Crippen LogP contribution in [0.15, 0.2) is 41.9 Å². The van der Waals surface area contributed by atoms with Gasteiger partial charge in [0, 0.05) is 36.1 Å². The third-order valence-corrected chi connectivity index (χ3v) is 5.25. The lowest BCUT2D eigenvalue weighted by Gasteiger charge is -2.26. The number of thiophene rings is 1. The predicted octanol–water partition coefficient (Wildman–Crippen LogP) is 3.67. The van der Waals surface area contributed by atoms with Crippen molar-refractivity contribution in [1.29, 1.82) is 5.26 Å². The summed E-state index contributed by atoms with van der Waals surface area (Å²) in [5.74, 6) is 0. The van der Waals surface area contributed by atoms with E-state index in [0.29, 0.717) is 5.56 Å². The molecule has 4 nitrogen and oxygen atoms in total. The highest BCUT2D eigenvalue weighted by Gasteiger charge is 2.15. The Morgan fingerprint density at radius 3 is 2.92 bits per heavy atom. The number of fused-ring (bicyclic) bond motifs is 1. The van der Waals surface area contributed by atoms with E-state index in [-0.39, 0.29) is 0 Å². The largest absolute Gasteiger partial charge is 0.379 e. The highest BCUT2D eigenvalue weighted by atomic mass is 32.1. The summed E-state index contributed by atoms with van der Waals surface area (Å²) < 4.78 is 5.43. The summed E-state index contributed by atoms with van der Waals surface area (Å²) in [6.07, 6.45) is 1.63. The Kier molecular flexibility index (Phi) is 4.26. The normalized spacial score (nSPS) is 15.5. The second-order valence-electron chi connectivity index (χ2n) is 5.89. The molecule has 1 aromatic carbocycles. The molecule has 120 valence electrons. The lowest BCUT2D eigenvalue weighted by atomic mass is 10.0. The van der Waals surface area contributed by atoms with Crippen LogP contribution in [0.4, 0.5) is 0 Å². The van der Waals surface area contributed by atoms with Crippen LogP contribution in [0, 0.1) is 11.3 Å². The zero-order valence-corrected chi connectivity index (χ0v) is 14.1. The number of ether oxygens (including phenoxy) is 1. The van der Waals surface area contributed by atoms with E-state index in [9.17, 15) is 0 Å². The maximum absolute atomic E-state index is 8.99. The SMILES string of the molecule is N#Cc1cnc2cc(-c3ccsc3CN3CCOCC3)ccc2c1. The molecule has 1 fully saturated rings. The summed E-state index contributed by atoms with van der Waals surface area (Å²) in [6, 6.07) is 12.5. The molecular formula is C19H17N3OS. The summed E-state index contributed by atoms with van der Waals surface area (Å²) in [7, 11) is 0. The van der Waals surface area contributed by atoms with Gasteiger partial charge in [-0.3, -0.25) is 9.88 Å². The van der Waals surface area contributed by atoms with Gasteiger partial charge in [-0.25, -0.2) is 0 Å². The molecule has 24 heavy (non-hydrogen) atoms. The molecule has 0 spiro atoms. The maximum atomic E-state index is 8.99. The first-order chi connectivity index (χ1) is 11.8. The average Bonchev–Trinajstić information content (AvgIpc) is 3.09. The Bertz CT molecular complexity index is 906. The number of hydrogen-bond donors (Lipinski definition) is 0. The summed E-state index contributed by atoms with van der Waals surface area (Å²) >= 11 is 1.80. The maximum Gasteiger partial charge on any atom is 0.101 e. The van der Waals surface area contributed by atoms with E-state index >= 15 is 0 Å². The summed E-state index contributed by atoms with van der Waals surface area (Å²) in [5.41, 5.74) is 3.98. The van der Waals surface area contributed by atoms with Crippen molar-refractivity contribution in [3.8, 4) is 17.2 Å². The highest BCUT2D eigenvalue weighted by molar-refractivity contribution is 7.10. The molecule has 0 aliphatic carbocycles. The van der Waals surface area contributed by atoms with E-state index < -0.39 is 0 Å². The minimum Gasteiger partial charge on any atom is -0.379 e. The number of morpholine rings is 1. The van der Waals surface area contributed by atoms with Crippen LogP contribution in [0.1, 0.15) is 10.4 Å². The number of nitriles is 1. The molecular weight excluding hydrogens is 318 g/mol. The molecule has 0 bridgehead atoms. The van der Waals surface area contributed by atoms with Gasteiger partial charge >= 0.3 is 0 Å². The zero-order valence-electron chi connectivity index (χ0n) is 13.2. The Balaban J connectivity index is 1.65. The van der Waals surface area contributed by atoms with Crippen molar-refractivity contribution in [2.45, 2.75) is 6.54 Å². The van der Waals surface area contributed by atoms with E-state index in [4.69, 9.17) is 10.00 Å². The lowest BCUT2D eigenvalue weighted by Crippen LogP contribution is -2.35. The first-order valence-electron chi connectivity index (χ1n) is 8.00. The van der Waals surface area contributed by atoms with Gasteiger partial charge in [-0.05, 0) is 34.7 Å². The lowest BCUT2D eigenvalue weighted by molar-refractivity contribution is 0.0347. The van der Waals surface area contributed by atoms with E-state index in [1.54, 1.807) is 17.5 Å². The molecule has 3 heterocycles. The van der Waals surface area contributed by atoms with Gasteiger partial charge in [-0.2, -0.15) is 5.26 Å². The molecule has 0 unspecified atom stereocenters. The molecule has 0 amide bonds. The van der Waals surface area contributed by atoms with Gasteiger partial charge in [0.2, 0.25) is 0 Å². The first kappa shape index (κ1) is 15.3. The molecule has 3 aromatic rings. The van der Waals surface area contributed by atoms with Gasteiger partial charge in [0.15, 0.2) is 0 Å². The van der Waals surface area contributed by atoms with E-state index in [2.05, 4.69) is 45.6 Å². The molecule has 0 radical (unpaired) electrons. The van der Waals surface area contributed by atoms with E-state index in [0.717, 1.165) is 43.8 Å². The molecule has 5 heteroatoms. The minimum atomic E-state index is 0.596. The molecule has 0 saturated carbocycles. The van der Waals surface area contributed by atoms with Crippen molar-refractivity contribution in [2.24, 2.45) is 0 Å². The van der Waals surface area contributed by atoms with Crippen LogP contribution in [0.25, 0.3) is 22.0 Å². The summed E-state index contributed by atoms with van der Waals surface area (Å²) in [6.45, 7) is 4.60. The van der Waals surface area contributed by atoms with Crippen molar-refractivity contribution in [2.75, 3.05) is 26.3 Å². The van der Waals surface area contributed by atoms with E-state index in [1.807, 2.05) is 6.07 Å². The minimum absolute atomic E-state index is 0.596. The van der Waals surface area contributed by atoms with Crippen LogP contribution in [0.2, 0.25) is 0 Å². The summed E-state index contributed by atoms with van der Waals surface area (Å²) in [5, 5.41) is 12.1. The highest BCUT2D eigenvalue weighted by Crippen LogP contribution is 2.31. The number of nitrogens with zero attached hydrogens (tertiary/aromatic N) is 3. The molecule has 0 N–H and O–H groups in total. The van der Waals surface area contributed by atoms with Gasteiger partial charge in [0.1, 0.15) is 6.07 Å². The quantitative estimate of drug-likeness (QED) is 0.733. The van der Waals surface area contributed by atoms with Crippen LogP contribution >= 0.6 is 11.3 Å². The number of hydrogen-bond acceptors (Lipinski definition) is 5. The van der Waals surface area contributed by atoms with Crippen LogP contribution in [-0.2, 0) is 11.3 Å². The molecule has 1 aliphatic heterocycles. The Labute approximate surface area is 144 Å². The standard InChI is InChI=1S/C19H17N3OS/c20-11-14-9-16-2-1-15(10-18(16)21-12-14)17-3-8-24-19(17)13-22-4-6-23-7-5-22/h1-3,8-10,12H,4-7,13H2. The predicted molar refractivity (Wildman–Crippen MR) is 95.9 cm³/mol. The van der Waals surface area contributed by atoms with Crippen LogP contribution in [-0.4, -0.2) is 36.2 Å². The second kappa shape index (κ2) is 6.70. The van der Waals surface area contributed by atoms with Crippen molar-refractivity contribution < 1.29 is 4.74 Å². The molecule has 4 rings (SSSR count). The average molecular weight is 335 g/mol. The second-order valence-corrected chi connectivity index (χ2v) is 6.89. The summed E-state index contributed by atoms with van der Waals surface area (Å²) in [4.78, 5) is 8.24. The van der Waals surface area contributed by atoms with Crippen LogP contribution in [0.3, 0.4) is 0 Å².